The van der Waals surface area contributed by atoms with Crippen LogP contribution in [0.4, 0.5) is 0 Å². The van der Waals surface area contributed by atoms with Gasteiger partial charge in [-0.05, 0) is 98.7 Å². The Labute approximate surface area is 404 Å². The third kappa shape index (κ3) is 47.8. The molecule has 23 nitrogen and oxygen atoms in total. The zero-order valence-electron chi connectivity index (χ0n) is 41.9. The number of likely N-dealkylation sites (N-methyl/N-ethyl adjacent to an activating group) is 2. The largest absolute Gasteiger partial charge is 0.377 e. The number of nitrogens with one attached hydrogen (secondary N) is 7. The Bertz CT molecular complexity index is 1380. The van der Waals surface area contributed by atoms with Crippen molar-refractivity contribution in [3.05, 3.63) is 0 Å². The number of nitrogens with two attached hydrogens (primary N) is 3. The summed E-state index contributed by atoms with van der Waals surface area (Å²) in [6, 6.07) is -1.60. The van der Waals surface area contributed by atoms with Crippen molar-refractivity contribution < 1.29 is 62.1 Å². The van der Waals surface area contributed by atoms with Crippen LogP contribution in [-0.4, -0.2) is 171 Å². The van der Waals surface area contributed by atoms with Gasteiger partial charge in [0.05, 0.1) is 51.7 Å². The van der Waals surface area contributed by atoms with Crippen LogP contribution in [0.2, 0.25) is 0 Å². The lowest BCUT2D eigenvalue weighted by Gasteiger charge is -2.20. The number of rotatable bonds is 42. The number of hydrogen-bond donors (Lipinski definition) is 10. The molecule has 0 bridgehead atoms. The van der Waals surface area contributed by atoms with E-state index in [9.17, 15) is 43.2 Å². The van der Waals surface area contributed by atoms with Gasteiger partial charge < -0.3 is 83.0 Å². The van der Waals surface area contributed by atoms with Gasteiger partial charge in [-0.1, -0.05) is 13.8 Å². The molecular weight excluding hydrogens is 889 g/mol. The summed E-state index contributed by atoms with van der Waals surface area (Å²) in [5.74, 6) is -1.66. The van der Waals surface area contributed by atoms with Gasteiger partial charge in [-0.15, -0.1) is 0 Å². The van der Waals surface area contributed by atoms with E-state index < -0.39 is 23.9 Å². The Kier molecular flexibility index (Phi) is 48.5. The van der Waals surface area contributed by atoms with Crippen molar-refractivity contribution in [1.82, 2.24) is 37.2 Å². The summed E-state index contributed by atoms with van der Waals surface area (Å²) < 4.78 is 21.3. The Balaban J connectivity index is -0.00000379. The first-order valence-corrected chi connectivity index (χ1v) is 23.8. The van der Waals surface area contributed by atoms with Crippen molar-refractivity contribution in [2.45, 2.75) is 136 Å². The Hall–Kier alpha value is -4.65. The minimum absolute atomic E-state index is 0.0902. The first-order chi connectivity index (χ1) is 32.5. The van der Waals surface area contributed by atoms with E-state index in [4.69, 9.17) is 36.1 Å². The summed E-state index contributed by atoms with van der Waals surface area (Å²) in [6.07, 6.45) is 7.92. The molecule has 0 spiro atoms. The van der Waals surface area contributed by atoms with E-state index in [-0.39, 0.29) is 119 Å². The van der Waals surface area contributed by atoms with Crippen LogP contribution in [0, 0.1) is 0 Å². The molecule has 0 fully saturated rings. The molecule has 0 aromatic heterocycles. The Morgan fingerprint density at radius 3 is 1.24 bits per heavy atom. The molecule has 0 aliphatic carbocycles. The molecule has 23 heteroatoms. The SMILES string of the molecule is CCC(C)=O.CCC(C)=O.CN[C@@H](CCCCNC(=O)COCCOCCNC(=O)COCCOCCNC(=O)CCCC(=O)NCCCC[C@H](NC)C(=O)N[C@@H](CCCCN)C(N)=O)C(N)=O. The average Bonchev–Trinajstić information content (AvgIpc) is 3.30. The molecule has 3 atom stereocenters. The van der Waals surface area contributed by atoms with Crippen LogP contribution >= 0.6 is 0 Å². The monoisotopic (exact) mass is 977 g/mol. The molecule has 68 heavy (non-hydrogen) atoms. The highest BCUT2D eigenvalue weighted by Gasteiger charge is 2.23. The number of carbonyl (C=O) groups excluding carboxylic acids is 9. The van der Waals surface area contributed by atoms with Gasteiger partial charge in [0.15, 0.2) is 0 Å². The summed E-state index contributed by atoms with van der Waals surface area (Å²) in [4.78, 5) is 103. The van der Waals surface area contributed by atoms with Crippen molar-refractivity contribution in [2.75, 3.05) is 99.7 Å². The van der Waals surface area contributed by atoms with Gasteiger partial charge in [0.2, 0.25) is 41.4 Å². The quantitative estimate of drug-likeness (QED) is 0.0320. The van der Waals surface area contributed by atoms with Gasteiger partial charge >= 0.3 is 0 Å². The van der Waals surface area contributed by atoms with E-state index in [0.29, 0.717) is 84.0 Å². The molecule has 0 aliphatic heterocycles. The summed E-state index contributed by atoms with van der Waals surface area (Å²) in [5.41, 5.74) is 16.2. The number of ether oxygens (including phenoxy) is 4. The molecule has 13 N–H and O–H groups in total. The number of Topliss-reactive ketones (excluding diaryl/α,β-unsaturated/α-hetero) is 2. The van der Waals surface area contributed by atoms with Gasteiger partial charge in [0, 0.05) is 51.9 Å². The van der Waals surface area contributed by atoms with Crippen molar-refractivity contribution in [1.29, 1.82) is 0 Å². The maximum absolute atomic E-state index is 12.6. The standard InChI is InChI=1S/C37H72N10O11.2C4H8O/c1-41-28(35(39)52)10-4-7-17-44-33(50)26-57-24-23-56-21-19-46-34(51)27-58-25-22-55-20-18-45-32(49)14-9-13-31(48)43-16-8-5-12-30(42-2)37(54)47-29(36(40)53)11-3-6-15-38;2*1-3-4(2)5/h28-30,41-42H,3-27,38H2,1-2H3,(H2,39,52)(H2,40,53)(H,43,48)(H,44,50)(H,45,49)(H,46,51)(H,47,54);2*3H2,1-2H3/t28-,29-,30-;;/m0../s1. The smallest absolute Gasteiger partial charge is 0.246 e. The van der Waals surface area contributed by atoms with Crippen molar-refractivity contribution in [2.24, 2.45) is 17.2 Å². The zero-order valence-corrected chi connectivity index (χ0v) is 41.9. The fourth-order valence-corrected chi connectivity index (χ4v) is 5.27. The average molecular weight is 977 g/mol. The molecule has 0 aromatic carbocycles. The van der Waals surface area contributed by atoms with Crippen LogP contribution in [0.3, 0.4) is 0 Å². The van der Waals surface area contributed by atoms with E-state index in [1.807, 2.05) is 13.8 Å². The van der Waals surface area contributed by atoms with Crippen molar-refractivity contribution in [3.63, 3.8) is 0 Å². The first-order valence-electron chi connectivity index (χ1n) is 23.8. The highest BCUT2D eigenvalue weighted by molar-refractivity contribution is 5.89. The second-order valence-electron chi connectivity index (χ2n) is 15.5. The predicted octanol–water partition coefficient (Wildman–Crippen LogP) is -1.24. The molecule has 0 aliphatic rings. The number of ketones is 2. The third-order valence-corrected chi connectivity index (χ3v) is 9.60. The Morgan fingerprint density at radius 1 is 0.456 bits per heavy atom. The summed E-state index contributed by atoms with van der Waals surface area (Å²) in [6.45, 7) is 10.1. The highest BCUT2D eigenvalue weighted by atomic mass is 16.5. The van der Waals surface area contributed by atoms with E-state index >= 15 is 0 Å². The van der Waals surface area contributed by atoms with E-state index in [0.717, 1.165) is 19.3 Å². The number of amides is 7. The van der Waals surface area contributed by atoms with Gasteiger partial charge in [-0.3, -0.25) is 33.6 Å². The zero-order chi connectivity index (χ0) is 51.8. The van der Waals surface area contributed by atoms with Crippen LogP contribution in [0.15, 0.2) is 0 Å². The molecule has 0 unspecified atom stereocenters. The lowest BCUT2D eigenvalue weighted by Crippen LogP contribution is -2.51. The normalized spacial score (nSPS) is 11.8. The first kappa shape index (κ1) is 67.6. The number of unbranched alkanes of at least 4 members (excludes halogenated alkanes) is 3. The lowest BCUT2D eigenvalue weighted by molar-refractivity contribution is -0.128. The third-order valence-electron chi connectivity index (χ3n) is 9.60. The topological polar surface area (TPSA) is 353 Å². The molecule has 0 saturated carbocycles. The number of carbonyl (C=O) groups is 9. The Morgan fingerprint density at radius 2 is 0.824 bits per heavy atom. The van der Waals surface area contributed by atoms with Crippen LogP contribution < -0.4 is 54.4 Å². The maximum Gasteiger partial charge on any atom is 0.246 e. The molecule has 0 heterocycles. The van der Waals surface area contributed by atoms with Crippen molar-refractivity contribution in [3.8, 4) is 0 Å². The van der Waals surface area contributed by atoms with Gasteiger partial charge in [-0.25, -0.2) is 0 Å². The second kappa shape index (κ2) is 48.8. The van der Waals surface area contributed by atoms with Gasteiger partial charge in [0.25, 0.3) is 0 Å². The van der Waals surface area contributed by atoms with Gasteiger partial charge in [-0.2, -0.15) is 0 Å². The molecule has 0 rings (SSSR count). The minimum Gasteiger partial charge on any atom is -0.377 e. The number of primary amides is 2. The van der Waals surface area contributed by atoms with E-state index in [1.54, 1.807) is 27.9 Å². The molecule has 7 amide bonds. The molecule has 0 radical (unpaired) electrons. The van der Waals surface area contributed by atoms with Crippen LogP contribution in [0.5, 0.6) is 0 Å². The van der Waals surface area contributed by atoms with E-state index in [1.165, 1.54) is 0 Å². The predicted molar refractivity (Wildman–Crippen MR) is 258 cm³/mol. The lowest BCUT2D eigenvalue weighted by atomic mass is 10.1. The second-order valence-corrected chi connectivity index (χ2v) is 15.5. The summed E-state index contributed by atoms with van der Waals surface area (Å²) >= 11 is 0. The van der Waals surface area contributed by atoms with Crippen LogP contribution in [0.25, 0.3) is 0 Å². The summed E-state index contributed by atoms with van der Waals surface area (Å²) in [5, 5.41) is 19.5. The molecule has 0 saturated heterocycles. The van der Waals surface area contributed by atoms with Crippen molar-refractivity contribution >= 4 is 52.9 Å². The number of hydrogen-bond acceptors (Lipinski definition) is 16. The van der Waals surface area contributed by atoms with Crippen LogP contribution in [0.1, 0.15) is 118 Å². The molecular formula is C45H88N10O13. The summed E-state index contributed by atoms with van der Waals surface area (Å²) in [7, 11) is 3.34. The maximum atomic E-state index is 12.6. The molecule has 396 valence electrons. The minimum atomic E-state index is -0.740. The fourth-order valence-electron chi connectivity index (χ4n) is 5.27. The molecule has 0 aromatic rings. The highest BCUT2D eigenvalue weighted by Crippen LogP contribution is 2.05. The fraction of sp³-hybridized carbons (Fsp3) is 0.800. The van der Waals surface area contributed by atoms with E-state index in [2.05, 4.69) is 37.2 Å². The van der Waals surface area contributed by atoms with Crippen LogP contribution in [-0.2, 0) is 62.1 Å². The van der Waals surface area contributed by atoms with Gasteiger partial charge in [0.1, 0.15) is 30.8 Å².